The quantitative estimate of drug-likeness (QED) is 0.356. The molecule has 2 aromatic carbocycles. The Bertz CT molecular complexity index is 1250. The molecule has 2 heterocycles. The Morgan fingerprint density at radius 3 is 2.65 bits per heavy atom. The highest BCUT2D eigenvalue weighted by Crippen LogP contribution is 2.35. The Kier molecular flexibility index (Phi) is 6.83. The van der Waals surface area contributed by atoms with Gasteiger partial charge in [0.2, 0.25) is 5.78 Å². The van der Waals surface area contributed by atoms with Crippen LogP contribution >= 0.6 is 15.9 Å². The summed E-state index contributed by atoms with van der Waals surface area (Å²) in [4.78, 5) is 25.3. The van der Waals surface area contributed by atoms with E-state index in [-0.39, 0.29) is 33.4 Å². The second-order valence-corrected chi connectivity index (χ2v) is 8.76. The Hall–Kier alpha value is -3.46. The minimum Gasteiger partial charge on any atom is -0.503 e. The highest BCUT2D eigenvalue weighted by Gasteiger charge is 2.24. The Balaban J connectivity index is 1.42. The third kappa shape index (κ3) is 4.75. The number of methoxy groups -OCH3 is 1. The molecule has 0 fully saturated rings. The SMILES string of the molecule is COc1cc(C(=O)OCC(=O)c2cc(C)n(CC3COc4ccccc4O3)c2C)cc(Br)c1O. The van der Waals surface area contributed by atoms with E-state index in [1.807, 2.05) is 42.7 Å². The number of para-hydroxylation sites is 2. The molecule has 1 aliphatic rings. The monoisotopic (exact) mass is 529 g/mol. The molecule has 0 saturated heterocycles. The zero-order valence-electron chi connectivity index (χ0n) is 19.0. The van der Waals surface area contributed by atoms with Crippen molar-refractivity contribution in [3.8, 4) is 23.0 Å². The summed E-state index contributed by atoms with van der Waals surface area (Å²) in [7, 11) is 1.37. The number of halogens is 1. The van der Waals surface area contributed by atoms with Crippen LogP contribution in [-0.2, 0) is 11.3 Å². The molecule has 1 unspecified atom stereocenters. The van der Waals surface area contributed by atoms with E-state index < -0.39 is 12.6 Å². The number of phenolic OH excluding ortho intramolecular Hbond substituents is 1. The standard InChI is InChI=1S/C25H24BrNO7/c1-14-8-18(15(2)27(14)11-17-12-32-21-6-4-5-7-22(21)34-17)20(28)13-33-25(30)16-9-19(26)24(29)23(10-16)31-3/h4-10,17,29H,11-13H2,1-3H3. The van der Waals surface area contributed by atoms with Crippen LogP contribution < -0.4 is 14.2 Å². The molecular weight excluding hydrogens is 506 g/mol. The van der Waals surface area contributed by atoms with Gasteiger partial charge in [0.15, 0.2) is 35.7 Å². The zero-order valence-corrected chi connectivity index (χ0v) is 20.5. The van der Waals surface area contributed by atoms with Gasteiger partial charge in [-0.2, -0.15) is 0 Å². The molecule has 178 valence electrons. The van der Waals surface area contributed by atoms with E-state index >= 15 is 0 Å². The fourth-order valence-electron chi connectivity index (χ4n) is 3.86. The number of nitrogens with zero attached hydrogens (tertiary/aromatic N) is 1. The number of carbonyl (C=O) groups excluding carboxylic acids is 2. The largest absolute Gasteiger partial charge is 0.503 e. The van der Waals surface area contributed by atoms with Crippen LogP contribution in [0.3, 0.4) is 0 Å². The van der Waals surface area contributed by atoms with Crippen LogP contribution in [0.15, 0.2) is 46.9 Å². The average Bonchev–Trinajstić information content (AvgIpc) is 3.12. The number of aryl methyl sites for hydroxylation is 1. The number of rotatable bonds is 7. The van der Waals surface area contributed by atoms with Crippen LogP contribution in [0.4, 0.5) is 0 Å². The molecule has 3 aromatic rings. The number of aromatic hydroxyl groups is 1. The lowest BCUT2D eigenvalue weighted by Gasteiger charge is -2.27. The third-order valence-electron chi connectivity index (χ3n) is 5.65. The summed E-state index contributed by atoms with van der Waals surface area (Å²) in [6.45, 7) is 4.26. The number of Topliss-reactive ketones (excluding diaryl/α,β-unsaturated/α-hetero) is 1. The lowest BCUT2D eigenvalue weighted by molar-refractivity contribution is 0.0474. The van der Waals surface area contributed by atoms with Crippen LogP contribution in [0.1, 0.15) is 32.1 Å². The number of hydrogen-bond donors (Lipinski definition) is 1. The van der Waals surface area contributed by atoms with Gasteiger partial charge < -0.3 is 28.6 Å². The number of carbonyl (C=O) groups is 2. The number of hydrogen-bond acceptors (Lipinski definition) is 7. The molecule has 1 aromatic heterocycles. The van der Waals surface area contributed by atoms with Gasteiger partial charge >= 0.3 is 5.97 Å². The van der Waals surface area contributed by atoms with Crippen molar-refractivity contribution in [2.45, 2.75) is 26.5 Å². The predicted octanol–water partition coefficient (Wildman–Crippen LogP) is 4.46. The van der Waals surface area contributed by atoms with Crippen molar-refractivity contribution in [3.05, 3.63) is 69.5 Å². The number of fused-ring (bicyclic) bond motifs is 1. The fourth-order valence-corrected chi connectivity index (χ4v) is 4.30. The van der Waals surface area contributed by atoms with Gasteiger partial charge in [-0.15, -0.1) is 0 Å². The predicted molar refractivity (Wildman–Crippen MR) is 127 cm³/mol. The molecule has 0 bridgehead atoms. The molecule has 0 aliphatic carbocycles. The van der Waals surface area contributed by atoms with Gasteiger partial charge in [0.05, 0.1) is 23.7 Å². The van der Waals surface area contributed by atoms with Crippen molar-refractivity contribution in [2.75, 3.05) is 20.3 Å². The lowest BCUT2D eigenvalue weighted by Crippen LogP contribution is -2.33. The van der Waals surface area contributed by atoms with Crippen molar-refractivity contribution in [3.63, 3.8) is 0 Å². The van der Waals surface area contributed by atoms with E-state index in [0.717, 1.165) is 17.1 Å². The van der Waals surface area contributed by atoms with Gasteiger partial charge in [-0.3, -0.25) is 4.79 Å². The summed E-state index contributed by atoms with van der Waals surface area (Å²) < 4.78 is 24.4. The van der Waals surface area contributed by atoms with E-state index in [0.29, 0.717) is 24.5 Å². The summed E-state index contributed by atoms with van der Waals surface area (Å²) in [5, 5.41) is 9.90. The molecule has 34 heavy (non-hydrogen) atoms. The summed E-state index contributed by atoms with van der Waals surface area (Å²) in [5.41, 5.74) is 2.28. The molecule has 0 spiro atoms. The smallest absolute Gasteiger partial charge is 0.338 e. The first-order valence-electron chi connectivity index (χ1n) is 10.6. The highest BCUT2D eigenvalue weighted by atomic mass is 79.9. The molecule has 0 radical (unpaired) electrons. The number of esters is 1. The lowest BCUT2D eigenvalue weighted by atomic mass is 10.1. The van der Waals surface area contributed by atoms with Crippen LogP contribution in [0.25, 0.3) is 0 Å². The number of ether oxygens (including phenoxy) is 4. The molecule has 1 aliphatic heterocycles. The van der Waals surface area contributed by atoms with Crippen molar-refractivity contribution < 1.29 is 33.6 Å². The molecule has 1 N–H and O–H groups in total. The maximum Gasteiger partial charge on any atom is 0.338 e. The number of ketones is 1. The van der Waals surface area contributed by atoms with E-state index in [4.69, 9.17) is 18.9 Å². The van der Waals surface area contributed by atoms with Crippen molar-refractivity contribution in [1.82, 2.24) is 4.57 Å². The molecule has 0 amide bonds. The number of benzene rings is 2. The van der Waals surface area contributed by atoms with E-state index in [1.165, 1.54) is 19.2 Å². The maximum atomic E-state index is 12.8. The summed E-state index contributed by atoms with van der Waals surface area (Å²) >= 11 is 3.17. The summed E-state index contributed by atoms with van der Waals surface area (Å²) in [6, 6.07) is 12.0. The van der Waals surface area contributed by atoms with Crippen LogP contribution in [0.5, 0.6) is 23.0 Å². The average molecular weight is 530 g/mol. The Morgan fingerprint density at radius 2 is 1.91 bits per heavy atom. The van der Waals surface area contributed by atoms with Gasteiger partial charge in [0, 0.05) is 17.0 Å². The van der Waals surface area contributed by atoms with E-state index in [1.54, 1.807) is 6.07 Å². The highest BCUT2D eigenvalue weighted by molar-refractivity contribution is 9.10. The minimum absolute atomic E-state index is 0.118. The first kappa shape index (κ1) is 23.7. The van der Waals surface area contributed by atoms with Gasteiger partial charge in [-0.25, -0.2) is 4.79 Å². The third-order valence-corrected chi connectivity index (χ3v) is 6.25. The molecule has 1 atom stereocenters. The Labute approximate surface area is 205 Å². The molecule has 8 nitrogen and oxygen atoms in total. The van der Waals surface area contributed by atoms with Gasteiger partial charge in [-0.1, -0.05) is 12.1 Å². The second-order valence-electron chi connectivity index (χ2n) is 7.90. The van der Waals surface area contributed by atoms with Crippen molar-refractivity contribution in [2.24, 2.45) is 0 Å². The molecule has 9 heteroatoms. The van der Waals surface area contributed by atoms with Crippen LogP contribution in [0, 0.1) is 13.8 Å². The first-order chi connectivity index (χ1) is 16.3. The topological polar surface area (TPSA) is 96.2 Å². The minimum atomic E-state index is -0.701. The van der Waals surface area contributed by atoms with E-state index in [2.05, 4.69) is 15.9 Å². The Morgan fingerprint density at radius 1 is 1.18 bits per heavy atom. The van der Waals surface area contributed by atoms with E-state index in [9.17, 15) is 14.7 Å². The summed E-state index contributed by atoms with van der Waals surface area (Å²) in [5.74, 6) is 0.389. The second kappa shape index (κ2) is 9.80. The maximum absolute atomic E-state index is 12.8. The fraction of sp³-hybridized carbons (Fsp3) is 0.280. The molecular formula is C25H24BrNO7. The first-order valence-corrected chi connectivity index (χ1v) is 11.4. The van der Waals surface area contributed by atoms with Crippen molar-refractivity contribution in [1.29, 1.82) is 0 Å². The zero-order chi connectivity index (χ0) is 24.4. The molecule has 0 saturated carbocycles. The number of phenols is 1. The normalized spacial score (nSPS) is 14.5. The van der Waals surface area contributed by atoms with Gasteiger partial charge in [0.25, 0.3) is 0 Å². The van der Waals surface area contributed by atoms with Crippen LogP contribution in [-0.4, -0.2) is 47.9 Å². The van der Waals surface area contributed by atoms with Gasteiger partial charge in [0.1, 0.15) is 6.61 Å². The van der Waals surface area contributed by atoms with Crippen molar-refractivity contribution >= 4 is 27.7 Å². The number of aromatic nitrogens is 1. The molecule has 4 rings (SSSR count). The van der Waals surface area contributed by atoms with Crippen LogP contribution in [0.2, 0.25) is 0 Å². The van der Waals surface area contributed by atoms with Gasteiger partial charge in [-0.05, 0) is 60.1 Å². The summed E-state index contributed by atoms with van der Waals surface area (Å²) in [6.07, 6.45) is -0.205.